The van der Waals surface area contributed by atoms with Gasteiger partial charge >= 0.3 is 0 Å². The number of amides is 1. The van der Waals surface area contributed by atoms with E-state index < -0.39 is 0 Å². The summed E-state index contributed by atoms with van der Waals surface area (Å²) < 4.78 is 7.57. The lowest BCUT2D eigenvalue weighted by molar-refractivity contribution is 0.0949. The molecule has 1 amide bonds. The van der Waals surface area contributed by atoms with Crippen LogP contribution in [0, 0.1) is 6.92 Å². The Bertz CT molecular complexity index is 1340. The molecule has 160 valence electrons. The summed E-state index contributed by atoms with van der Waals surface area (Å²) >= 11 is 2.99. The van der Waals surface area contributed by atoms with Crippen molar-refractivity contribution < 1.29 is 9.53 Å². The molecule has 0 aliphatic carbocycles. The van der Waals surface area contributed by atoms with Crippen LogP contribution in [0.5, 0.6) is 5.88 Å². The molecule has 0 saturated heterocycles. The second-order valence-corrected chi connectivity index (χ2v) is 8.93. The molecule has 0 spiro atoms. The van der Waals surface area contributed by atoms with Gasteiger partial charge in [0.25, 0.3) is 5.91 Å². The minimum absolute atomic E-state index is 0.137. The smallest absolute Gasteiger partial charge is 0.263 e. The van der Waals surface area contributed by atoms with Crippen molar-refractivity contribution >= 4 is 33.5 Å². The van der Waals surface area contributed by atoms with Crippen LogP contribution in [0.25, 0.3) is 26.8 Å². The van der Waals surface area contributed by atoms with Crippen molar-refractivity contribution in [3.05, 3.63) is 76.7 Å². The molecule has 0 aliphatic heterocycles. The van der Waals surface area contributed by atoms with Gasteiger partial charge in [0.15, 0.2) is 4.96 Å². The van der Waals surface area contributed by atoms with Gasteiger partial charge in [0.05, 0.1) is 17.1 Å². The molecule has 0 radical (unpaired) electrons. The zero-order valence-electron chi connectivity index (χ0n) is 17.2. The van der Waals surface area contributed by atoms with Crippen LogP contribution in [0.4, 0.5) is 0 Å². The normalized spacial score (nSPS) is 11.0. The summed E-state index contributed by atoms with van der Waals surface area (Å²) in [6.07, 6.45) is 1.97. The van der Waals surface area contributed by atoms with E-state index in [4.69, 9.17) is 4.74 Å². The predicted octanol–water partition coefficient (Wildman–Crippen LogP) is 4.70. The third-order valence-corrected chi connectivity index (χ3v) is 6.93. The lowest BCUT2D eigenvalue weighted by Crippen LogP contribution is -2.28. The molecule has 0 aliphatic rings. The van der Waals surface area contributed by atoms with Gasteiger partial charge in [-0.25, -0.2) is 4.98 Å². The number of aryl methyl sites for hydroxylation is 1. The largest absolute Gasteiger partial charge is 0.475 e. The monoisotopic (exact) mass is 461 g/mol. The van der Waals surface area contributed by atoms with Crippen LogP contribution in [0.1, 0.15) is 15.4 Å². The molecule has 1 N–H and O–H groups in total. The highest BCUT2D eigenvalue weighted by molar-refractivity contribution is 7.19. The summed E-state index contributed by atoms with van der Waals surface area (Å²) in [4.78, 5) is 19.8. The van der Waals surface area contributed by atoms with Crippen molar-refractivity contribution in [3.8, 4) is 27.7 Å². The number of carbonyl (C=O) groups is 1. The molecule has 0 atom stereocenters. The average molecular weight is 462 g/mol. The second kappa shape index (κ2) is 8.89. The molecule has 1 aromatic carbocycles. The zero-order chi connectivity index (χ0) is 21.9. The number of fused-ring (bicyclic) bond motifs is 1. The van der Waals surface area contributed by atoms with Crippen molar-refractivity contribution in [3.63, 3.8) is 0 Å². The fourth-order valence-corrected chi connectivity index (χ4v) is 4.98. The predicted molar refractivity (Wildman–Crippen MR) is 126 cm³/mol. The Kier molecular flexibility index (Phi) is 5.66. The van der Waals surface area contributed by atoms with Crippen molar-refractivity contribution in [2.24, 2.45) is 0 Å². The van der Waals surface area contributed by atoms with E-state index in [1.807, 2.05) is 71.4 Å². The molecule has 0 unspecified atom stereocenters. The van der Waals surface area contributed by atoms with Gasteiger partial charge in [-0.2, -0.15) is 0 Å². The van der Waals surface area contributed by atoms with E-state index in [2.05, 4.69) is 20.5 Å². The number of rotatable bonds is 7. The fraction of sp³-hybridized carbons (Fsp3) is 0.130. The molecule has 0 bridgehead atoms. The van der Waals surface area contributed by atoms with Crippen LogP contribution in [-0.2, 0) is 0 Å². The van der Waals surface area contributed by atoms with Gasteiger partial charge in [-0.05, 0) is 24.4 Å². The number of hydrogen-bond donors (Lipinski definition) is 1. The maximum Gasteiger partial charge on any atom is 0.263 e. The van der Waals surface area contributed by atoms with Crippen molar-refractivity contribution in [2.45, 2.75) is 6.92 Å². The number of thiazole rings is 1. The number of carbonyl (C=O) groups excluding carboxylic acids is 1. The first-order chi connectivity index (χ1) is 15.7. The summed E-state index contributed by atoms with van der Waals surface area (Å²) in [6, 6.07) is 17.6. The summed E-state index contributed by atoms with van der Waals surface area (Å²) in [5, 5.41) is 13.2. The number of imidazole rings is 1. The van der Waals surface area contributed by atoms with Gasteiger partial charge in [-0.1, -0.05) is 47.7 Å². The van der Waals surface area contributed by atoms with Crippen LogP contribution in [0.2, 0.25) is 0 Å². The van der Waals surface area contributed by atoms with Gasteiger partial charge in [-0.15, -0.1) is 21.5 Å². The highest BCUT2D eigenvalue weighted by atomic mass is 32.1. The van der Waals surface area contributed by atoms with E-state index >= 15 is 0 Å². The Morgan fingerprint density at radius 1 is 1.06 bits per heavy atom. The SMILES string of the molecule is Cc1c(C(=O)NCCOc2ccc(-c3cccs3)nn2)sc2nc(-c3ccccc3)cn12. The highest BCUT2D eigenvalue weighted by Gasteiger charge is 2.18. The van der Waals surface area contributed by atoms with Crippen LogP contribution in [0.3, 0.4) is 0 Å². The van der Waals surface area contributed by atoms with E-state index in [-0.39, 0.29) is 5.91 Å². The number of nitrogens with zero attached hydrogens (tertiary/aromatic N) is 4. The number of hydrogen-bond acceptors (Lipinski definition) is 7. The minimum Gasteiger partial charge on any atom is -0.475 e. The molecular weight excluding hydrogens is 442 g/mol. The molecule has 32 heavy (non-hydrogen) atoms. The van der Waals surface area contributed by atoms with E-state index in [1.165, 1.54) is 11.3 Å². The van der Waals surface area contributed by atoms with E-state index in [0.29, 0.717) is 23.9 Å². The summed E-state index contributed by atoms with van der Waals surface area (Å²) in [5.41, 5.74) is 3.63. The number of thiophene rings is 1. The van der Waals surface area contributed by atoms with E-state index in [9.17, 15) is 4.79 Å². The maximum absolute atomic E-state index is 12.7. The third kappa shape index (κ3) is 4.12. The molecule has 7 nitrogen and oxygen atoms in total. The van der Waals surface area contributed by atoms with Gasteiger partial charge in [-0.3, -0.25) is 9.20 Å². The quantitative estimate of drug-likeness (QED) is 0.355. The van der Waals surface area contributed by atoms with Crippen LogP contribution in [0.15, 0.2) is 66.2 Å². The third-order valence-electron chi connectivity index (χ3n) is 4.88. The lowest BCUT2D eigenvalue weighted by Gasteiger charge is -2.06. The van der Waals surface area contributed by atoms with Crippen molar-refractivity contribution in [1.29, 1.82) is 0 Å². The Labute approximate surface area is 192 Å². The van der Waals surface area contributed by atoms with E-state index in [1.54, 1.807) is 17.4 Å². The minimum atomic E-state index is -0.137. The van der Waals surface area contributed by atoms with Gasteiger partial charge < -0.3 is 10.1 Å². The first-order valence-corrected chi connectivity index (χ1v) is 11.7. The standard InChI is InChI=1S/C23H19N5O2S2/c1-15-21(32-23-25-18(14-28(15)23)16-6-3-2-4-7-16)22(29)24-11-12-30-20-10-9-17(26-27-20)19-8-5-13-31-19/h2-10,13-14H,11-12H2,1H3,(H,24,29). The molecule has 9 heteroatoms. The van der Waals surface area contributed by atoms with Gasteiger partial charge in [0, 0.05) is 23.5 Å². The van der Waals surface area contributed by atoms with Crippen molar-refractivity contribution in [1.82, 2.24) is 24.9 Å². The van der Waals surface area contributed by atoms with Crippen LogP contribution >= 0.6 is 22.7 Å². The lowest BCUT2D eigenvalue weighted by atomic mass is 10.2. The first kappa shape index (κ1) is 20.3. The Hall–Kier alpha value is -3.56. The zero-order valence-corrected chi connectivity index (χ0v) is 18.8. The van der Waals surface area contributed by atoms with Gasteiger partial charge in [0.2, 0.25) is 5.88 Å². The molecule has 5 rings (SSSR count). The molecule has 4 heterocycles. The summed E-state index contributed by atoms with van der Waals surface area (Å²) in [5.74, 6) is 0.292. The number of aromatic nitrogens is 4. The molecule has 5 aromatic rings. The van der Waals surface area contributed by atoms with Crippen LogP contribution < -0.4 is 10.1 Å². The summed E-state index contributed by atoms with van der Waals surface area (Å²) in [7, 11) is 0. The van der Waals surface area contributed by atoms with Gasteiger partial charge in [0.1, 0.15) is 17.2 Å². The first-order valence-electron chi connectivity index (χ1n) is 10.0. The number of nitrogens with one attached hydrogen (secondary N) is 1. The Morgan fingerprint density at radius 3 is 2.66 bits per heavy atom. The fourth-order valence-electron chi connectivity index (χ4n) is 3.26. The molecule has 0 fully saturated rings. The van der Waals surface area contributed by atoms with Crippen molar-refractivity contribution in [2.75, 3.05) is 13.2 Å². The Balaban J connectivity index is 1.17. The average Bonchev–Trinajstić information content (AvgIpc) is 3.56. The maximum atomic E-state index is 12.7. The highest BCUT2D eigenvalue weighted by Crippen LogP contribution is 2.27. The topological polar surface area (TPSA) is 81.4 Å². The summed E-state index contributed by atoms with van der Waals surface area (Å²) in [6.45, 7) is 2.59. The second-order valence-electron chi connectivity index (χ2n) is 7.00. The molecule has 4 aromatic heterocycles. The molecular formula is C23H19N5O2S2. The Morgan fingerprint density at radius 2 is 1.94 bits per heavy atom. The number of ether oxygens (including phenoxy) is 1. The molecule has 0 saturated carbocycles. The number of benzene rings is 1. The van der Waals surface area contributed by atoms with E-state index in [0.717, 1.165) is 32.5 Å². The van der Waals surface area contributed by atoms with Crippen LogP contribution in [-0.4, -0.2) is 38.6 Å².